The second kappa shape index (κ2) is 9.10. The molecular formula is C30H23ClN4O. The van der Waals surface area contributed by atoms with Crippen molar-refractivity contribution in [3.63, 3.8) is 0 Å². The lowest BCUT2D eigenvalue weighted by Gasteiger charge is -2.40. The molecule has 0 saturated heterocycles. The van der Waals surface area contributed by atoms with E-state index in [4.69, 9.17) is 16.6 Å². The third kappa shape index (κ3) is 3.78. The van der Waals surface area contributed by atoms with E-state index in [1.54, 1.807) is 4.90 Å². The second-order valence-corrected chi connectivity index (χ2v) is 9.26. The summed E-state index contributed by atoms with van der Waals surface area (Å²) < 4.78 is 0. The number of hydrogen-bond acceptors (Lipinski definition) is 3. The van der Waals surface area contributed by atoms with Gasteiger partial charge in [-0.15, -0.1) is 0 Å². The first kappa shape index (κ1) is 22.3. The number of likely N-dealkylation sites (N-methyl/N-ethyl adjacent to an activating group) is 1. The van der Waals surface area contributed by atoms with Crippen LogP contribution in [0, 0.1) is 0 Å². The number of urea groups is 1. The molecule has 4 aromatic carbocycles. The van der Waals surface area contributed by atoms with Crippen LogP contribution in [0.15, 0.2) is 119 Å². The van der Waals surface area contributed by atoms with E-state index in [1.807, 2.05) is 121 Å². The molecule has 2 aliphatic rings. The van der Waals surface area contributed by atoms with Crippen LogP contribution in [0.1, 0.15) is 22.7 Å². The monoisotopic (exact) mass is 490 g/mol. The SMILES string of the molecule is CN1C2=NC(=O)N(c3ccccc3)C(c3ccccc3)C2N=C(c2ccccc2)c2cc(Cl)ccc21. The molecule has 36 heavy (non-hydrogen) atoms. The predicted octanol–water partition coefficient (Wildman–Crippen LogP) is 6.78. The zero-order valence-electron chi connectivity index (χ0n) is 19.6. The van der Waals surface area contributed by atoms with E-state index >= 15 is 0 Å². The Morgan fingerprint density at radius 2 is 1.44 bits per heavy atom. The maximum atomic E-state index is 13.7. The summed E-state index contributed by atoms with van der Waals surface area (Å²) in [4.78, 5) is 27.4. The Labute approximate surface area is 215 Å². The second-order valence-electron chi connectivity index (χ2n) is 8.82. The Morgan fingerprint density at radius 1 is 0.806 bits per heavy atom. The van der Waals surface area contributed by atoms with Crippen LogP contribution in [0.25, 0.3) is 0 Å². The number of fused-ring (bicyclic) bond motifs is 2. The Morgan fingerprint density at radius 3 is 2.14 bits per heavy atom. The lowest BCUT2D eigenvalue weighted by Crippen LogP contribution is -2.51. The lowest BCUT2D eigenvalue weighted by molar-refractivity contribution is 0.250. The number of rotatable bonds is 3. The van der Waals surface area contributed by atoms with Gasteiger partial charge in [-0.25, -0.2) is 4.79 Å². The van der Waals surface area contributed by atoms with Crippen LogP contribution >= 0.6 is 11.6 Å². The number of halogens is 1. The molecule has 4 aromatic rings. The zero-order chi connectivity index (χ0) is 24.6. The number of aliphatic imine (C=N–C) groups is 2. The molecule has 5 nitrogen and oxygen atoms in total. The first-order valence-electron chi connectivity index (χ1n) is 11.8. The number of para-hydroxylation sites is 1. The Bertz CT molecular complexity index is 1490. The van der Waals surface area contributed by atoms with E-state index in [2.05, 4.69) is 4.99 Å². The van der Waals surface area contributed by atoms with Crippen LogP contribution in [0.4, 0.5) is 16.2 Å². The highest BCUT2D eigenvalue weighted by molar-refractivity contribution is 6.32. The molecule has 0 radical (unpaired) electrons. The summed E-state index contributed by atoms with van der Waals surface area (Å²) >= 11 is 6.47. The molecule has 0 saturated carbocycles. The molecule has 2 amide bonds. The molecule has 6 heteroatoms. The third-order valence-electron chi connectivity index (χ3n) is 6.67. The van der Waals surface area contributed by atoms with Gasteiger partial charge >= 0.3 is 6.03 Å². The predicted molar refractivity (Wildman–Crippen MR) is 147 cm³/mol. The summed E-state index contributed by atoms with van der Waals surface area (Å²) in [5.41, 5.74) is 5.36. The molecule has 2 aliphatic heterocycles. The molecule has 0 fully saturated rings. The number of amides is 2. The normalized spacial score (nSPS) is 19.1. The van der Waals surface area contributed by atoms with Crippen molar-refractivity contribution in [1.29, 1.82) is 0 Å². The van der Waals surface area contributed by atoms with Gasteiger partial charge in [-0.2, -0.15) is 4.99 Å². The Hall–Kier alpha value is -4.22. The van der Waals surface area contributed by atoms with E-state index in [1.165, 1.54) is 0 Å². The maximum Gasteiger partial charge on any atom is 0.350 e. The molecule has 176 valence electrons. The van der Waals surface area contributed by atoms with E-state index in [0.29, 0.717) is 10.9 Å². The number of hydrogen-bond donors (Lipinski definition) is 0. The fourth-order valence-corrected chi connectivity index (χ4v) is 5.18. The fraction of sp³-hybridized carbons (Fsp3) is 0.100. The molecule has 0 aromatic heterocycles. The summed E-state index contributed by atoms with van der Waals surface area (Å²) in [6.45, 7) is 0. The smallest absolute Gasteiger partial charge is 0.330 e. The van der Waals surface area contributed by atoms with Crippen molar-refractivity contribution in [2.24, 2.45) is 9.98 Å². The van der Waals surface area contributed by atoms with E-state index < -0.39 is 6.04 Å². The van der Waals surface area contributed by atoms with Crippen LogP contribution in [0.5, 0.6) is 0 Å². The van der Waals surface area contributed by atoms with Gasteiger partial charge in [0.05, 0.1) is 17.4 Å². The van der Waals surface area contributed by atoms with Gasteiger partial charge in [0.1, 0.15) is 11.9 Å². The molecular weight excluding hydrogens is 468 g/mol. The van der Waals surface area contributed by atoms with Crippen molar-refractivity contribution in [1.82, 2.24) is 0 Å². The summed E-state index contributed by atoms with van der Waals surface area (Å²) in [5, 5.41) is 0.624. The number of nitrogens with zero attached hydrogens (tertiary/aromatic N) is 4. The summed E-state index contributed by atoms with van der Waals surface area (Å²) in [6.07, 6.45) is 0. The minimum atomic E-state index is -0.448. The minimum absolute atomic E-state index is 0.318. The van der Waals surface area contributed by atoms with Gasteiger partial charge in [0.2, 0.25) is 0 Å². The van der Waals surface area contributed by atoms with Crippen molar-refractivity contribution in [3.05, 3.63) is 131 Å². The summed E-state index contributed by atoms with van der Waals surface area (Å²) in [6, 6.07) is 34.4. The van der Waals surface area contributed by atoms with Gasteiger partial charge in [0.25, 0.3) is 0 Å². The molecule has 0 bridgehead atoms. The van der Waals surface area contributed by atoms with Gasteiger partial charge in [-0.3, -0.25) is 9.89 Å². The quantitative estimate of drug-likeness (QED) is 0.318. The average molecular weight is 491 g/mol. The Balaban J connectivity index is 1.64. The molecule has 0 spiro atoms. The molecule has 0 N–H and O–H groups in total. The summed E-state index contributed by atoms with van der Waals surface area (Å²) in [5.74, 6) is 0.607. The minimum Gasteiger partial charge on any atom is -0.330 e. The highest BCUT2D eigenvalue weighted by Crippen LogP contribution is 2.40. The van der Waals surface area contributed by atoms with E-state index in [0.717, 1.165) is 33.8 Å². The first-order chi connectivity index (χ1) is 17.6. The number of amidine groups is 1. The van der Waals surface area contributed by atoms with Crippen molar-refractivity contribution >= 4 is 40.6 Å². The average Bonchev–Trinajstić information content (AvgIpc) is 3.03. The van der Waals surface area contributed by atoms with Crippen molar-refractivity contribution in [2.45, 2.75) is 12.1 Å². The molecule has 6 rings (SSSR count). The van der Waals surface area contributed by atoms with Crippen LogP contribution in [0.3, 0.4) is 0 Å². The molecule has 2 atom stereocenters. The highest BCUT2D eigenvalue weighted by Gasteiger charge is 2.44. The number of carbonyl (C=O) groups is 1. The molecule has 0 aliphatic carbocycles. The van der Waals surface area contributed by atoms with Crippen molar-refractivity contribution in [3.8, 4) is 0 Å². The van der Waals surface area contributed by atoms with Gasteiger partial charge < -0.3 is 4.90 Å². The van der Waals surface area contributed by atoms with E-state index in [-0.39, 0.29) is 12.1 Å². The van der Waals surface area contributed by atoms with Gasteiger partial charge in [-0.05, 0) is 35.9 Å². The Kier molecular flexibility index (Phi) is 5.62. The van der Waals surface area contributed by atoms with Crippen LogP contribution in [0.2, 0.25) is 5.02 Å². The first-order valence-corrected chi connectivity index (χ1v) is 12.2. The lowest BCUT2D eigenvalue weighted by atomic mass is 9.94. The third-order valence-corrected chi connectivity index (χ3v) is 6.90. The fourth-order valence-electron chi connectivity index (χ4n) is 5.01. The number of benzene rings is 4. The van der Waals surface area contributed by atoms with Gasteiger partial charge in [0, 0.05) is 28.9 Å². The largest absolute Gasteiger partial charge is 0.350 e. The van der Waals surface area contributed by atoms with E-state index in [9.17, 15) is 4.79 Å². The number of anilines is 2. The van der Waals surface area contributed by atoms with Crippen LogP contribution < -0.4 is 9.80 Å². The van der Waals surface area contributed by atoms with Gasteiger partial charge in [-0.1, -0.05) is 90.5 Å². The van der Waals surface area contributed by atoms with Gasteiger partial charge in [0.15, 0.2) is 0 Å². The highest BCUT2D eigenvalue weighted by atomic mass is 35.5. The zero-order valence-corrected chi connectivity index (χ0v) is 20.4. The van der Waals surface area contributed by atoms with Crippen LogP contribution in [-0.2, 0) is 0 Å². The van der Waals surface area contributed by atoms with Crippen LogP contribution in [-0.4, -0.2) is 30.7 Å². The number of carbonyl (C=O) groups excluding carboxylic acids is 1. The summed E-state index contributed by atoms with van der Waals surface area (Å²) in [7, 11) is 1.94. The maximum absolute atomic E-state index is 13.7. The standard InChI is InChI=1S/C30H23ClN4O/c1-34-25-18-17-22(31)19-24(25)26(20-11-5-2-6-12-20)32-27-28(21-13-7-3-8-14-21)35(30(36)33-29(27)34)23-15-9-4-10-16-23/h2-19,27-28H,1H3. The molecule has 2 heterocycles. The van der Waals surface area contributed by atoms with Crippen molar-refractivity contribution < 1.29 is 4.79 Å². The topological polar surface area (TPSA) is 48.3 Å². The molecule has 2 unspecified atom stereocenters. The van der Waals surface area contributed by atoms with Crippen molar-refractivity contribution in [2.75, 3.05) is 16.8 Å².